The van der Waals surface area contributed by atoms with Crippen LogP contribution in [0.15, 0.2) is 0 Å². The van der Waals surface area contributed by atoms with Gasteiger partial charge in [0.15, 0.2) is 0 Å². The zero-order chi connectivity index (χ0) is 19.6. The van der Waals surface area contributed by atoms with Gasteiger partial charge in [-0.15, -0.1) is 0 Å². The molecule has 0 radical (unpaired) electrons. The molecule has 3 aliphatic rings. The van der Waals surface area contributed by atoms with Gasteiger partial charge in [-0.2, -0.15) is 0 Å². The first-order valence-corrected chi connectivity index (χ1v) is 11.0. The third kappa shape index (κ3) is 4.78. The van der Waals surface area contributed by atoms with E-state index in [0.29, 0.717) is 23.8 Å². The smallest absolute Gasteiger partial charge is 0.409 e. The van der Waals surface area contributed by atoms with E-state index in [1.165, 1.54) is 0 Å². The Hall–Kier alpha value is -1.26. The largest absolute Gasteiger partial charge is 0.449 e. The lowest BCUT2D eigenvalue weighted by Crippen LogP contribution is -2.53. The fourth-order valence-corrected chi connectivity index (χ4v) is 5.11. The van der Waals surface area contributed by atoms with E-state index < -0.39 is 0 Å². The maximum absolute atomic E-state index is 12.8. The summed E-state index contributed by atoms with van der Waals surface area (Å²) < 4.78 is 5.35. The van der Waals surface area contributed by atoms with Gasteiger partial charge in [0.2, 0.25) is 5.91 Å². The second-order valence-corrected chi connectivity index (χ2v) is 9.97. The van der Waals surface area contributed by atoms with Gasteiger partial charge in [-0.25, -0.2) is 4.79 Å². The number of hydrogen-bond acceptors (Lipinski definition) is 3. The SMILES string of the molecule is CC(C)COC(=O)N1CCC2(CC1)CC(C(=O)N1CCC(C(C)C)CC1)C2. The molecule has 1 aliphatic carbocycles. The van der Waals surface area contributed by atoms with E-state index >= 15 is 0 Å². The molecular weight excluding hydrogens is 340 g/mol. The minimum atomic E-state index is -0.168. The minimum Gasteiger partial charge on any atom is -0.449 e. The Bertz CT molecular complexity index is 522. The van der Waals surface area contributed by atoms with Gasteiger partial charge >= 0.3 is 6.09 Å². The van der Waals surface area contributed by atoms with Gasteiger partial charge in [0, 0.05) is 32.1 Å². The molecule has 0 aromatic heterocycles. The number of carbonyl (C=O) groups excluding carboxylic acids is 2. The molecule has 0 aromatic rings. The average Bonchev–Trinajstić information content (AvgIpc) is 2.63. The van der Waals surface area contributed by atoms with Crippen molar-refractivity contribution in [2.45, 2.75) is 66.2 Å². The number of likely N-dealkylation sites (tertiary alicyclic amines) is 2. The minimum absolute atomic E-state index is 0.168. The predicted molar refractivity (Wildman–Crippen MR) is 106 cm³/mol. The van der Waals surface area contributed by atoms with Crippen molar-refractivity contribution in [2.24, 2.45) is 29.1 Å². The van der Waals surface area contributed by atoms with E-state index in [-0.39, 0.29) is 12.0 Å². The molecule has 154 valence electrons. The number of carbonyl (C=O) groups is 2. The highest BCUT2D eigenvalue weighted by molar-refractivity contribution is 5.80. The van der Waals surface area contributed by atoms with Gasteiger partial charge < -0.3 is 14.5 Å². The van der Waals surface area contributed by atoms with Crippen LogP contribution in [0.1, 0.15) is 66.2 Å². The lowest BCUT2D eigenvalue weighted by atomic mass is 9.57. The van der Waals surface area contributed by atoms with Crippen LogP contribution in [0, 0.1) is 29.1 Å². The summed E-state index contributed by atoms with van der Waals surface area (Å²) in [6.07, 6.45) is 6.23. The first-order chi connectivity index (χ1) is 12.8. The van der Waals surface area contributed by atoms with E-state index in [0.717, 1.165) is 76.5 Å². The van der Waals surface area contributed by atoms with Gasteiger partial charge in [-0.3, -0.25) is 4.79 Å². The van der Waals surface area contributed by atoms with Crippen molar-refractivity contribution in [2.75, 3.05) is 32.8 Å². The van der Waals surface area contributed by atoms with E-state index in [1.54, 1.807) is 0 Å². The number of rotatable bonds is 4. The van der Waals surface area contributed by atoms with Gasteiger partial charge in [-0.05, 0) is 61.7 Å². The number of amides is 2. The Morgan fingerprint density at radius 2 is 1.56 bits per heavy atom. The van der Waals surface area contributed by atoms with Crippen LogP contribution in [0.4, 0.5) is 4.79 Å². The molecule has 3 fully saturated rings. The molecule has 0 bridgehead atoms. The van der Waals surface area contributed by atoms with Crippen molar-refractivity contribution in [3.8, 4) is 0 Å². The van der Waals surface area contributed by atoms with Crippen LogP contribution in [0.5, 0.6) is 0 Å². The van der Waals surface area contributed by atoms with Crippen molar-refractivity contribution in [1.29, 1.82) is 0 Å². The van der Waals surface area contributed by atoms with Crippen LogP contribution >= 0.6 is 0 Å². The van der Waals surface area contributed by atoms with Crippen LogP contribution < -0.4 is 0 Å². The van der Waals surface area contributed by atoms with Crippen LogP contribution in [-0.4, -0.2) is 54.6 Å². The fraction of sp³-hybridized carbons (Fsp3) is 0.909. The summed E-state index contributed by atoms with van der Waals surface area (Å²) in [4.78, 5) is 28.9. The maximum atomic E-state index is 12.8. The highest BCUT2D eigenvalue weighted by atomic mass is 16.6. The molecule has 0 N–H and O–H groups in total. The molecule has 2 amide bonds. The molecule has 2 aliphatic heterocycles. The van der Waals surface area contributed by atoms with Gasteiger partial charge in [0.25, 0.3) is 0 Å². The second-order valence-electron chi connectivity index (χ2n) is 9.97. The quantitative estimate of drug-likeness (QED) is 0.738. The molecule has 0 atom stereocenters. The summed E-state index contributed by atoms with van der Waals surface area (Å²) in [5, 5.41) is 0. The molecule has 1 saturated carbocycles. The third-order valence-electron chi connectivity index (χ3n) is 7.12. The van der Waals surface area contributed by atoms with Gasteiger partial charge in [0.05, 0.1) is 6.61 Å². The summed E-state index contributed by atoms with van der Waals surface area (Å²) in [7, 11) is 0. The molecule has 5 heteroatoms. The Kier molecular flexibility index (Phi) is 6.37. The van der Waals surface area contributed by atoms with Crippen LogP contribution in [0.2, 0.25) is 0 Å². The lowest BCUT2D eigenvalue weighted by Gasteiger charge is -2.52. The molecule has 0 unspecified atom stereocenters. The summed E-state index contributed by atoms with van der Waals surface area (Å²) in [6.45, 7) is 12.6. The molecule has 2 saturated heterocycles. The summed E-state index contributed by atoms with van der Waals surface area (Å²) >= 11 is 0. The summed E-state index contributed by atoms with van der Waals surface area (Å²) in [5.41, 5.74) is 0.297. The Balaban J connectivity index is 1.39. The molecule has 3 rings (SSSR count). The molecule has 5 nitrogen and oxygen atoms in total. The van der Waals surface area contributed by atoms with Crippen LogP contribution in [-0.2, 0) is 9.53 Å². The second kappa shape index (κ2) is 8.40. The van der Waals surface area contributed by atoms with Crippen LogP contribution in [0.3, 0.4) is 0 Å². The molecule has 27 heavy (non-hydrogen) atoms. The van der Waals surface area contributed by atoms with E-state index in [2.05, 4.69) is 32.6 Å². The number of ether oxygens (including phenoxy) is 1. The topological polar surface area (TPSA) is 49.9 Å². The lowest BCUT2D eigenvalue weighted by molar-refractivity contribution is -0.147. The maximum Gasteiger partial charge on any atom is 0.409 e. The Morgan fingerprint density at radius 3 is 2.07 bits per heavy atom. The number of hydrogen-bond donors (Lipinski definition) is 0. The van der Waals surface area contributed by atoms with Crippen molar-refractivity contribution in [3.05, 3.63) is 0 Å². The standard InChI is InChI=1S/C22H38N2O3/c1-16(2)15-27-21(26)24-11-7-22(8-12-24)13-19(14-22)20(25)23-9-5-18(6-10-23)17(3)4/h16-19H,5-15H2,1-4H3. The predicted octanol–water partition coefficient (Wildman–Crippen LogP) is 4.17. The molecule has 2 heterocycles. The zero-order valence-corrected chi connectivity index (χ0v) is 17.7. The van der Waals surface area contributed by atoms with Crippen molar-refractivity contribution < 1.29 is 14.3 Å². The summed E-state index contributed by atoms with van der Waals surface area (Å²) in [6, 6.07) is 0. The van der Waals surface area contributed by atoms with Crippen molar-refractivity contribution in [3.63, 3.8) is 0 Å². The van der Waals surface area contributed by atoms with E-state index in [9.17, 15) is 9.59 Å². The van der Waals surface area contributed by atoms with Crippen LogP contribution in [0.25, 0.3) is 0 Å². The van der Waals surface area contributed by atoms with Gasteiger partial charge in [-0.1, -0.05) is 27.7 Å². The van der Waals surface area contributed by atoms with E-state index in [1.807, 2.05) is 4.90 Å². The van der Waals surface area contributed by atoms with E-state index in [4.69, 9.17) is 4.74 Å². The average molecular weight is 379 g/mol. The third-order valence-corrected chi connectivity index (χ3v) is 7.12. The van der Waals surface area contributed by atoms with Gasteiger partial charge in [0.1, 0.15) is 0 Å². The summed E-state index contributed by atoms with van der Waals surface area (Å²) in [5.74, 6) is 2.49. The molecule has 0 aromatic carbocycles. The first kappa shape index (κ1) is 20.5. The Labute approximate surface area is 164 Å². The van der Waals surface area contributed by atoms with Crippen molar-refractivity contribution in [1.82, 2.24) is 9.80 Å². The highest BCUT2D eigenvalue weighted by Gasteiger charge is 2.50. The normalized spacial score (nSPS) is 23.8. The first-order valence-electron chi connectivity index (χ1n) is 11.0. The fourth-order valence-electron chi connectivity index (χ4n) is 5.11. The van der Waals surface area contributed by atoms with Crippen molar-refractivity contribution >= 4 is 12.0 Å². The Morgan fingerprint density at radius 1 is 0.963 bits per heavy atom. The monoisotopic (exact) mass is 378 g/mol. The number of piperidine rings is 2. The zero-order valence-electron chi connectivity index (χ0n) is 17.7. The molecule has 1 spiro atoms. The highest BCUT2D eigenvalue weighted by Crippen LogP contribution is 2.53. The molecular formula is C22H38N2O3. The number of nitrogens with zero attached hydrogens (tertiary/aromatic N) is 2.